The summed E-state index contributed by atoms with van der Waals surface area (Å²) < 4.78 is 5.13. The van der Waals surface area contributed by atoms with Crippen LogP contribution in [-0.2, 0) is 0 Å². The van der Waals surface area contributed by atoms with Gasteiger partial charge in [0.25, 0.3) is 0 Å². The zero-order chi connectivity index (χ0) is 10.6. The number of hydrogen-bond acceptors (Lipinski definition) is 3. The molecule has 1 atom stereocenters. The zero-order valence-corrected chi connectivity index (χ0v) is 8.27. The van der Waals surface area contributed by atoms with Crippen molar-refractivity contribution < 1.29 is 9.66 Å². The van der Waals surface area contributed by atoms with Crippen LogP contribution in [-0.4, -0.2) is 18.6 Å². The van der Waals surface area contributed by atoms with E-state index in [1.54, 1.807) is 7.11 Å². The van der Waals surface area contributed by atoms with Crippen molar-refractivity contribution in [3.05, 3.63) is 39.9 Å². The molecule has 0 spiro atoms. The second-order valence-electron chi connectivity index (χ2n) is 3.16. The minimum atomic E-state index is -0.308. The van der Waals surface area contributed by atoms with Gasteiger partial charge in [0, 0.05) is 16.4 Å². The van der Waals surface area contributed by atoms with Gasteiger partial charge in [-0.05, 0) is 6.07 Å². The molecule has 0 amide bonds. The molecule has 1 rings (SSSR count). The number of nitro groups is 1. The van der Waals surface area contributed by atoms with Gasteiger partial charge in [-0.1, -0.05) is 25.1 Å². The van der Waals surface area contributed by atoms with Crippen molar-refractivity contribution in [1.82, 2.24) is 0 Å². The Kier molecular flexibility index (Phi) is 3.45. The summed E-state index contributed by atoms with van der Waals surface area (Å²) in [6, 6.07) is 7.37. The SMILES string of the molecule is COc1ccccc1[C@H](C)C[N+](=O)[O-]. The highest BCUT2D eigenvalue weighted by Crippen LogP contribution is 2.25. The first-order valence-electron chi connectivity index (χ1n) is 4.40. The molecule has 14 heavy (non-hydrogen) atoms. The number of ether oxygens (including phenoxy) is 1. The van der Waals surface area contributed by atoms with E-state index in [4.69, 9.17) is 4.74 Å². The minimum absolute atomic E-state index is 0.0691. The third-order valence-corrected chi connectivity index (χ3v) is 2.09. The largest absolute Gasteiger partial charge is 0.496 e. The Bertz CT molecular complexity index is 325. The first-order valence-corrected chi connectivity index (χ1v) is 4.40. The summed E-state index contributed by atoms with van der Waals surface area (Å²) in [6.45, 7) is 1.75. The lowest BCUT2D eigenvalue weighted by Gasteiger charge is -2.11. The van der Waals surface area contributed by atoms with E-state index < -0.39 is 0 Å². The van der Waals surface area contributed by atoms with E-state index in [0.29, 0.717) is 5.75 Å². The van der Waals surface area contributed by atoms with Crippen molar-refractivity contribution in [3.63, 3.8) is 0 Å². The first kappa shape index (κ1) is 10.5. The van der Waals surface area contributed by atoms with Crippen LogP contribution in [0.5, 0.6) is 5.75 Å². The van der Waals surface area contributed by atoms with E-state index in [-0.39, 0.29) is 17.4 Å². The summed E-state index contributed by atoms with van der Waals surface area (Å²) in [5, 5.41) is 10.3. The highest BCUT2D eigenvalue weighted by atomic mass is 16.6. The number of benzene rings is 1. The molecule has 76 valence electrons. The smallest absolute Gasteiger partial charge is 0.210 e. The first-order chi connectivity index (χ1) is 6.65. The van der Waals surface area contributed by atoms with Crippen LogP contribution < -0.4 is 4.74 Å². The van der Waals surface area contributed by atoms with Gasteiger partial charge in [0.2, 0.25) is 6.54 Å². The number of methoxy groups -OCH3 is 1. The molecular formula is C10H13NO3. The number of rotatable bonds is 4. The summed E-state index contributed by atoms with van der Waals surface area (Å²) in [5.74, 6) is 0.586. The number of para-hydroxylation sites is 1. The summed E-state index contributed by atoms with van der Waals surface area (Å²) in [5.41, 5.74) is 0.881. The summed E-state index contributed by atoms with van der Waals surface area (Å²) >= 11 is 0. The molecule has 0 aliphatic rings. The van der Waals surface area contributed by atoms with Crippen LogP contribution in [0.25, 0.3) is 0 Å². The molecule has 4 nitrogen and oxygen atoms in total. The van der Waals surface area contributed by atoms with Crippen molar-refractivity contribution in [3.8, 4) is 5.75 Å². The maximum Gasteiger partial charge on any atom is 0.210 e. The molecule has 0 saturated carbocycles. The lowest BCUT2D eigenvalue weighted by atomic mass is 10.0. The monoisotopic (exact) mass is 195 g/mol. The average Bonchev–Trinajstić information content (AvgIpc) is 2.16. The third-order valence-electron chi connectivity index (χ3n) is 2.09. The van der Waals surface area contributed by atoms with Crippen molar-refractivity contribution in [1.29, 1.82) is 0 Å². The van der Waals surface area contributed by atoms with Gasteiger partial charge in [-0.25, -0.2) is 0 Å². The van der Waals surface area contributed by atoms with Crippen molar-refractivity contribution >= 4 is 0 Å². The van der Waals surface area contributed by atoms with Crippen molar-refractivity contribution in [2.45, 2.75) is 12.8 Å². The van der Waals surface area contributed by atoms with Crippen LogP contribution >= 0.6 is 0 Å². The summed E-state index contributed by atoms with van der Waals surface area (Å²) in [6.07, 6.45) is 0. The molecule has 4 heteroatoms. The molecule has 0 heterocycles. The Balaban J connectivity index is 2.87. The molecule has 1 aromatic carbocycles. The normalized spacial score (nSPS) is 12.1. The second-order valence-corrected chi connectivity index (χ2v) is 3.16. The standard InChI is InChI=1S/C10H13NO3/c1-8(7-11(12)13)9-5-3-4-6-10(9)14-2/h3-6,8H,7H2,1-2H3/t8-/m1/s1. The molecule has 1 aromatic rings. The van der Waals surface area contributed by atoms with E-state index in [2.05, 4.69) is 0 Å². The molecule has 0 saturated heterocycles. The number of nitrogens with zero attached hydrogens (tertiary/aromatic N) is 1. The minimum Gasteiger partial charge on any atom is -0.496 e. The molecule has 0 unspecified atom stereocenters. The fourth-order valence-electron chi connectivity index (χ4n) is 1.40. The van der Waals surface area contributed by atoms with Gasteiger partial charge < -0.3 is 4.74 Å². The van der Waals surface area contributed by atoms with Gasteiger partial charge in [-0.3, -0.25) is 10.1 Å². The quantitative estimate of drug-likeness (QED) is 0.546. The van der Waals surface area contributed by atoms with Crippen LogP contribution in [0.3, 0.4) is 0 Å². The topological polar surface area (TPSA) is 52.4 Å². The highest BCUT2D eigenvalue weighted by molar-refractivity contribution is 5.35. The fraction of sp³-hybridized carbons (Fsp3) is 0.400. The van der Waals surface area contributed by atoms with Gasteiger partial charge >= 0.3 is 0 Å². The van der Waals surface area contributed by atoms with Crippen LogP contribution in [0.2, 0.25) is 0 Å². The Morgan fingerprint density at radius 3 is 2.71 bits per heavy atom. The molecule has 0 radical (unpaired) electrons. The van der Waals surface area contributed by atoms with Crippen LogP contribution in [0.15, 0.2) is 24.3 Å². The predicted molar refractivity (Wildman–Crippen MR) is 53.3 cm³/mol. The zero-order valence-electron chi connectivity index (χ0n) is 8.27. The Labute approximate surface area is 82.7 Å². The second kappa shape index (κ2) is 4.60. The van der Waals surface area contributed by atoms with Gasteiger partial charge in [0.05, 0.1) is 7.11 Å². The number of hydrogen-bond donors (Lipinski definition) is 0. The van der Waals surface area contributed by atoms with Crippen LogP contribution in [0.1, 0.15) is 18.4 Å². The highest BCUT2D eigenvalue weighted by Gasteiger charge is 2.15. The molecule has 0 N–H and O–H groups in total. The van der Waals surface area contributed by atoms with E-state index >= 15 is 0 Å². The Morgan fingerprint density at radius 1 is 1.50 bits per heavy atom. The fourth-order valence-corrected chi connectivity index (χ4v) is 1.40. The summed E-state index contributed by atoms with van der Waals surface area (Å²) in [7, 11) is 1.57. The van der Waals surface area contributed by atoms with Crippen LogP contribution in [0, 0.1) is 10.1 Å². The van der Waals surface area contributed by atoms with Gasteiger partial charge in [-0.15, -0.1) is 0 Å². The summed E-state index contributed by atoms with van der Waals surface area (Å²) in [4.78, 5) is 10.0. The molecule has 0 fully saturated rings. The van der Waals surface area contributed by atoms with E-state index in [9.17, 15) is 10.1 Å². The van der Waals surface area contributed by atoms with Crippen LogP contribution in [0.4, 0.5) is 0 Å². The van der Waals surface area contributed by atoms with Crippen molar-refractivity contribution in [2.24, 2.45) is 0 Å². The van der Waals surface area contributed by atoms with Crippen molar-refractivity contribution in [2.75, 3.05) is 13.7 Å². The Hall–Kier alpha value is -1.58. The molecule has 0 bridgehead atoms. The lowest BCUT2D eigenvalue weighted by molar-refractivity contribution is -0.482. The third kappa shape index (κ3) is 2.45. The molecule has 0 aromatic heterocycles. The molecular weight excluding hydrogens is 182 g/mol. The van der Waals surface area contributed by atoms with E-state index in [1.165, 1.54) is 0 Å². The Morgan fingerprint density at radius 2 is 2.14 bits per heavy atom. The predicted octanol–water partition coefficient (Wildman–Crippen LogP) is 2.08. The van der Waals surface area contributed by atoms with E-state index in [1.807, 2.05) is 31.2 Å². The van der Waals surface area contributed by atoms with E-state index in [0.717, 1.165) is 5.56 Å². The average molecular weight is 195 g/mol. The lowest BCUT2D eigenvalue weighted by Crippen LogP contribution is -2.10. The van der Waals surface area contributed by atoms with Gasteiger partial charge in [-0.2, -0.15) is 0 Å². The molecule has 0 aliphatic carbocycles. The van der Waals surface area contributed by atoms with Gasteiger partial charge in [0.1, 0.15) is 5.75 Å². The molecule has 0 aliphatic heterocycles. The van der Waals surface area contributed by atoms with Gasteiger partial charge in [0.15, 0.2) is 0 Å². The maximum atomic E-state index is 10.3. The maximum absolute atomic E-state index is 10.3.